The zero-order valence-corrected chi connectivity index (χ0v) is 23.1. The highest BCUT2D eigenvalue weighted by Crippen LogP contribution is 2.38. The van der Waals surface area contributed by atoms with Gasteiger partial charge in [-0.3, -0.25) is 0 Å². The van der Waals surface area contributed by atoms with Gasteiger partial charge in [0.05, 0.1) is 0 Å². The summed E-state index contributed by atoms with van der Waals surface area (Å²) < 4.78 is 17.8. The van der Waals surface area contributed by atoms with E-state index in [0.717, 1.165) is 10.4 Å². The highest BCUT2D eigenvalue weighted by atomic mass is 28.4. The summed E-state index contributed by atoms with van der Waals surface area (Å²) in [5.74, 6) is -2.59. The fourth-order valence-corrected chi connectivity index (χ4v) is 8.53. The van der Waals surface area contributed by atoms with Crippen LogP contribution in [0.15, 0.2) is 72.8 Å². The summed E-state index contributed by atoms with van der Waals surface area (Å²) in [4.78, 5) is 24.6. The van der Waals surface area contributed by atoms with Crippen molar-refractivity contribution in [1.29, 1.82) is 0 Å². The highest BCUT2D eigenvalue weighted by molar-refractivity contribution is 6.99. The van der Waals surface area contributed by atoms with Gasteiger partial charge < -0.3 is 24.1 Å². The number of aliphatic hydroxyl groups is 1. The van der Waals surface area contributed by atoms with Crippen molar-refractivity contribution < 1.29 is 33.7 Å². The van der Waals surface area contributed by atoms with Crippen molar-refractivity contribution in [3.8, 4) is 0 Å². The summed E-state index contributed by atoms with van der Waals surface area (Å²) in [6.45, 7) is 12.9. The average molecular weight is 515 g/mol. The molecule has 2 N–H and O–H groups in total. The Morgan fingerprint density at radius 1 is 0.889 bits per heavy atom. The molecular weight excluding hydrogens is 476 g/mol. The van der Waals surface area contributed by atoms with Crippen molar-refractivity contribution in [2.45, 2.75) is 77.6 Å². The number of hydrogen-bond acceptors (Lipinski definition) is 6. The third kappa shape index (κ3) is 7.13. The van der Waals surface area contributed by atoms with E-state index in [4.69, 9.17) is 13.9 Å². The molecule has 0 saturated heterocycles. The number of carbonyl (C=O) groups excluding carboxylic acids is 1. The second kappa shape index (κ2) is 12.0. The maximum atomic E-state index is 12.5. The van der Waals surface area contributed by atoms with E-state index in [0.29, 0.717) is 0 Å². The van der Waals surface area contributed by atoms with Gasteiger partial charge in [0, 0.05) is 0 Å². The minimum Gasteiger partial charge on any atom is -0.479 e. The summed E-state index contributed by atoms with van der Waals surface area (Å²) in [6.07, 6.45) is -1.85. The van der Waals surface area contributed by atoms with Gasteiger partial charge in [0.25, 0.3) is 8.32 Å². The van der Waals surface area contributed by atoms with E-state index in [-0.39, 0.29) is 0 Å². The number of allylic oxidation sites excluding steroid dienone is 1. The molecule has 0 aromatic heterocycles. The Kier molecular flexibility index (Phi) is 9.79. The second-order valence-corrected chi connectivity index (χ2v) is 14.8. The van der Waals surface area contributed by atoms with Crippen molar-refractivity contribution in [3.05, 3.63) is 72.8 Å². The molecular formula is C28H38O7Si. The van der Waals surface area contributed by atoms with Crippen LogP contribution in [0.1, 0.15) is 48.5 Å². The van der Waals surface area contributed by atoms with E-state index in [1.165, 1.54) is 0 Å². The molecule has 8 heteroatoms. The summed E-state index contributed by atoms with van der Waals surface area (Å²) in [7, 11) is -3.12. The zero-order chi connectivity index (χ0) is 27.1. The predicted molar refractivity (Wildman–Crippen MR) is 142 cm³/mol. The predicted octanol–water partition coefficient (Wildman–Crippen LogP) is 3.64. The molecule has 0 saturated carbocycles. The van der Waals surface area contributed by atoms with Crippen LogP contribution in [0.3, 0.4) is 0 Å². The van der Waals surface area contributed by atoms with E-state index in [2.05, 4.69) is 20.8 Å². The first-order valence-corrected chi connectivity index (χ1v) is 13.8. The molecule has 0 aliphatic carbocycles. The van der Waals surface area contributed by atoms with Crippen molar-refractivity contribution >= 4 is 30.6 Å². The molecule has 196 valence electrons. The van der Waals surface area contributed by atoms with Crippen LogP contribution in [0.4, 0.5) is 0 Å². The van der Waals surface area contributed by atoms with Crippen LogP contribution in [0.2, 0.25) is 5.04 Å². The minimum atomic E-state index is -3.12. The average Bonchev–Trinajstić information content (AvgIpc) is 2.79. The molecule has 2 aromatic carbocycles. The Labute approximate surface area is 214 Å². The number of carboxylic acids is 1. The van der Waals surface area contributed by atoms with Crippen LogP contribution < -0.4 is 10.4 Å². The number of benzene rings is 2. The smallest absolute Gasteiger partial charge is 0.338 e. The number of carboxylic acid groups (broad SMARTS) is 1. The monoisotopic (exact) mass is 514 g/mol. The molecule has 2 aromatic rings. The van der Waals surface area contributed by atoms with Crippen LogP contribution in [0.5, 0.6) is 0 Å². The van der Waals surface area contributed by atoms with Gasteiger partial charge in [0.2, 0.25) is 0 Å². The van der Waals surface area contributed by atoms with Gasteiger partial charge in [-0.15, -0.1) is 0 Å². The number of esters is 1. The molecule has 2 rings (SSSR count). The standard InChI is InChI=1S/C28H38O7Si/c1-8-15-22(33-24(25(30)31)23(29)26(32)34-27(2,3)4)35-36(28(5,6)7,20-16-11-9-12-17-20)21-18-13-10-14-19-21/h8-19,22-24,29H,1-7H3,(H,30,31)/t22?,23-,24-/m1/s1. The third-order valence-electron chi connectivity index (χ3n) is 5.52. The van der Waals surface area contributed by atoms with Gasteiger partial charge in [-0.25, -0.2) is 9.59 Å². The molecule has 0 spiro atoms. The molecule has 0 bridgehead atoms. The normalized spacial score (nSPS) is 15.3. The zero-order valence-electron chi connectivity index (χ0n) is 22.1. The topological polar surface area (TPSA) is 102 Å². The fourth-order valence-electron chi connectivity index (χ4n) is 4.03. The van der Waals surface area contributed by atoms with Crippen molar-refractivity contribution in [3.63, 3.8) is 0 Å². The van der Waals surface area contributed by atoms with Crippen LogP contribution in [-0.4, -0.2) is 54.6 Å². The van der Waals surface area contributed by atoms with Gasteiger partial charge >= 0.3 is 11.9 Å². The number of hydrogen-bond donors (Lipinski definition) is 2. The third-order valence-corrected chi connectivity index (χ3v) is 10.5. The van der Waals surface area contributed by atoms with Gasteiger partial charge in [0.15, 0.2) is 18.5 Å². The lowest BCUT2D eigenvalue weighted by molar-refractivity contribution is -0.194. The van der Waals surface area contributed by atoms with E-state index >= 15 is 0 Å². The largest absolute Gasteiger partial charge is 0.479 e. The maximum Gasteiger partial charge on any atom is 0.338 e. The number of aliphatic carboxylic acids is 1. The summed E-state index contributed by atoms with van der Waals surface area (Å²) >= 11 is 0. The molecule has 0 fully saturated rings. The van der Waals surface area contributed by atoms with Crippen LogP contribution in [0, 0.1) is 0 Å². The van der Waals surface area contributed by atoms with Gasteiger partial charge in [0.1, 0.15) is 5.60 Å². The quantitative estimate of drug-likeness (QED) is 0.216. The lowest BCUT2D eigenvalue weighted by Crippen LogP contribution is -2.68. The van der Waals surface area contributed by atoms with Crippen LogP contribution >= 0.6 is 0 Å². The van der Waals surface area contributed by atoms with E-state index in [9.17, 15) is 19.8 Å². The molecule has 3 atom stereocenters. The Balaban J connectivity index is 2.57. The molecule has 1 unspecified atom stereocenters. The van der Waals surface area contributed by atoms with Crippen molar-refractivity contribution in [1.82, 2.24) is 0 Å². The summed E-state index contributed by atoms with van der Waals surface area (Å²) in [6, 6.07) is 19.6. The van der Waals surface area contributed by atoms with E-state index < -0.39 is 49.4 Å². The molecule has 0 radical (unpaired) electrons. The first-order valence-electron chi connectivity index (χ1n) is 11.9. The first kappa shape index (κ1) is 29.4. The van der Waals surface area contributed by atoms with Crippen molar-refractivity contribution in [2.75, 3.05) is 0 Å². The Hall–Kier alpha value is -2.78. The highest BCUT2D eigenvalue weighted by Gasteiger charge is 2.52. The lowest BCUT2D eigenvalue weighted by atomic mass is 10.1. The number of rotatable bonds is 10. The van der Waals surface area contributed by atoms with E-state index in [1.807, 2.05) is 60.7 Å². The second-order valence-electron chi connectivity index (χ2n) is 10.5. The molecule has 0 heterocycles. The molecule has 0 amide bonds. The van der Waals surface area contributed by atoms with E-state index in [1.54, 1.807) is 39.8 Å². The number of aliphatic hydroxyl groups excluding tert-OH is 1. The Bertz CT molecular complexity index is 984. The Morgan fingerprint density at radius 2 is 1.36 bits per heavy atom. The van der Waals surface area contributed by atoms with Crippen LogP contribution in [0.25, 0.3) is 0 Å². The van der Waals surface area contributed by atoms with Gasteiger partial charge in [-0.1, -0.05) is 87.5 Å². The summed E-state index contributed by atoms with van der Waals surface area (Å²) in [5.41, 5.74) is -0.907. The summed E-state index contributed by atoms with van der Waals surface area (Å²) in [5, 5.41) is 22.0. The number of ether oxygens (including phenoxy) is 2. The van der Waals surface area contributed by atoms with Crippen LogP contribution in [-0.2, 0) is 23.5 Å². The lowest BCUT2D eigenvalue weighted by Gasteiger charge is -2.44. The maximum absolute atomic E-state index is 12.5. The Morgan fingerprint density at radius 3 is 1.72 bits per heavy atom. The molecule has 0 aliphatic heterocycles. The van der Waals surface area contributed by atoms with Gasteiger partial charge in [-0.2, -0.15) is 0 Å². The first-order chi connectivity index (χ1) is 16.7. The molecule has 36 heavy (non-hydrogen) atoms. The molecule has 7 nitrogen and oxygen atoms in total. The molecule has 0 aliphatic rings. The van der Waals surface area contributed by atoms with Crippen molar-refractivity contribution in [2.24, 2.45) is 0 Å². The SMILES string of the molecule is CC=CC(O[C@@H](C(=O)O)[C@@H](O)C(=O)OC(C)(C)C)O[Si](c1ccccc1)(c1ccccc1)C(C)(C)C. The van der Waals surface area contributed by atoms with Gasteiger partial charge in [-0.05, 0) is 49.2 Å². The number of carbonyl (C=O) groups is 2. The minimum absolute atomic E-state index is 0.401. The fraction of sp³-hybridized carbons (Fsp3) is 0.429.